The number of amides is 1. The molecule has 2 N–H and O–H groups in total. The van der Waals surface area contributed by atoms with Crippen LogP contribution in [0.15, 0.2) is 24.3 Å². The lowest BCUT2D eigenvalue weighted by Crippen LogP contribution is -2.36. The fourth-order valence-corrected chi connectivity index (χ4v) is 1.99. The van der Waals surface area contributed by atoms with Crippen molar-refractivity contribution in [1.29, 1.82) is 0 Å². The van der Waals surface area contributed by atoms with Crippen LogP contribution in [0.2, 0.25) is 0 Å². The van der Waals surface area contributed by atoms with Crippen LogP contribution in [0.3, 0.4) is 0 Å². The molecule has 1 aliphatic rings. The van der Waals surface area contributed by atoms with Gasteiger partial charge in [-0.2, -0.15) is 0 Å². The third-order valence-electron chi connectivity index (χ3n) is 2.85. The topological polar surface area (TPSA) is 58.6 Å². The van der Waals surface area contributed by atoms with E-state index in [0.29, 0.717) is 19.6 Å². The van der Waals surface area contributed by atoms with Crippen LogP contribution in [0.5, 0.6) is 5.75 Å². The van der Waals surface area contributed by atoms with Crippen LogP contribution in [-0.2, 0) is 4.79 Å². The number of hydrogen-bond acceptors (Lipinski definition) is 3. The summed E-state index contributed by atoms with van der Waals surface area (Å²) in [7, 11) is 0. The molecule has 4 heteroatoms. The van der Waals surface area contributed by atoms with Crippen molar-refractivity contribution in [2.45, 2.75) is 25.4 Å². The summed E-state index contributed by atoms with van der Waals surface area (Å²) in [5.41, 5.74) is 0.932. The Morgan fingerprint density at radius 1 is 1.59 bits per heavy atom. The van der Waals surface area contributed by atoms with Crippen molar-refractivity contribution >= 4 is 5.91 Å². The smallest absolute Gasteiger partial charge is 0.227 e. The first-order chi connectivity index (χ1) is 8.18. The SMILES string of the molecule is CC(O)CNC(=O)C1CCOc2ccccc21. The third kappa shape index (κ3) is 2.77. The van der Waals surface area contributed by atoms with Crippen molar-refractivity contribution in [3.8, 4) is 5.75 Å². The lowest BCUT2D eigenvalue weighted by atomic mass is 9.92. The molecule has 92 valence electrons. The van der Waals surface area contributed by atoms with Crippen LogP contribution in [0.4, 0.5) is 0 Å². The molecular weight excluding hydrogens is 218 g/mol. The highest BCUT2D eigenvalue weighted by molar-refractivity contribution is 5.84. The predicted molar refractivity (Wildman–Crippen MR) is 64.0 cm³/mol. The van der Waals surface area contributed by atoms with Gasteiger partial charge in [-0.1, -0.05) is 18.2 Å². The molecule has 1 aromatic carbocycles. The van der Waals surface area contributed by atoms with Crippen LogP contribution in [0.25, 0.3) is 0 Å². The fraction of sp³-hybridized carbons (Fsp3) is 0.462. The van der Waals surface area contributed by atoms with Crippen LogP contribution >= 0.6 is 0 Å². The van der Waals surface area contributed by atoms with E-state index in [4.69, 9.17) is 9.84 Å². The minimum atomic E-state index is -0.519. The zero-order chi connectivity index (χ0) is 12.3. The molecule has 2 rings (SSSR count). The monoisotopic (exact) mass is 235 g/mol. The lowest BCUT2D eigenvalue weighted by molar-refractivity contribution is -0.123. The van der Waals surface area contributed by atoms with Crippen LogP contribution in [0, 0.1) is 0 Å². The quantitative estimate of drug-likeness (QED) is 0.823. The van der Waals surface area contributed by atoms with E-state index in [-0.39, 0.29) is 11.8 Å². The summed E-state index contributed by atoms with van der Waals surface area (Å²) >= 11 is 0. The summed E-state index contributed by atoms with van der Waals surface area (Å²) in [5, 5.41) is 11.9. The molecular formula is C13H17NO3. The summed E-state index contributed by atoms with van der Waals surface area (Å²) < 4.78 is 5.50. The van der Waals surface area contributed by atoms with Gasteiger partial charge in [-0.05, 0) is 19.4 Å². The van der Waals surface area contributed by atoms with Gasteiger partial charge in [-0.15, -0.1) is 0 Å². The van der Waals surface area contributed by atoms with Crippen molar-refractivity contribution in [3.05, 3.63) is 29.8 Å². The van der Waals surface area contributed by atoms with E-state index < -0.39 is 6.10 Å². The van der Waals surface area contributed by atoms with Crippen molar-refractivity contribution in [2.75, 3.05) is 13.2 Å². The highest BCUT2D eigenvalue weighted by Gasteiger charge is 2.27. The summed E-state index contributed by atoms with van der Waals surface area (Å²) in [5.74, 6) is 0.580. The average Bonchev–Trinajstić information content (AvgIpc) is 2.35. The number of benzene rings is 1. The summed E-state index contributed by atoms with van der Waals surface area (Å²) in [4.78, 5) is 12.0. The highest BCUT2D eigenvalue weighted by atomic mass is 16.5. The number of aliphatic hydroxyl groups is 1. The summed E-state index contributed by atoms with van der Waals surface area (Å²) in [6, 6.07) is 7.60. The van der Waals surface area contributed by atoms with Crippen LogP contribution < -0.4 is 10.1 Å². The Labute approximate surface area is 101 Å². The van der Waals surface area contributed by atoms with E-state index in [1.165, 1.54) is 0 Å². The van der Waals surface area contributed by atoms with Gasteiger partial charge in [0.2, 0.25) is 5.91 Å². The van der Waals surface area contributed by atoms with Crippen molar-refractivity contribution < 1.29 is 14.6 Å². The Balaban J connectivity index is 2.10. The van der Waals surface area contributed by atoms with Gasteiger partial charge in [0.05, 0.1) is 18.6 Å². The first-order valence-electron chi connectivity index (χ1n) is 5.86. The second-order valence-electron chi connectivity index (χ2n) is 4.32. The molecule has 1 amide bonds. The lowest BCUT2D eigenvalue weighted by Gasteiger charge is -2.25. The van der Waals surface area contributed by atoms with Crippen molar-refractivity contribution in [2.24, 2.45) is 0 Å². The minimum Gasteiger partial charge on any atom is -0.493 e. The average molecular weight is 235 g/mol. The Bertz CT molecular complexity index is 403. The van der Waals surface area contributed by atoms with Gasteiger partial charge in [0, 0.05) is 12.1 Å². The molecule has 2 unspecified atom stereocenters. The van der Waals surface area contributed by atoms with Crippen LogP contribution in [-0.4, -0.2) is 30.3 Å². The summed E-state index contributed by atoms with van der Waals surface area (Å²) in [6.45, 7) is 2.50. The Morgan fingerprint density at radius 2 is 2.35 bits per heavy atom. The van der Waals surface area contributed by atoms with Gasteiger partial charge >= 0.3 is 0 Å². The van der Waals surface area contributed by atoms with E-state index in [1.807, 2.05) is 24.3 Å². The Kier molecular flexibility index (Phi) is 3.64. The number of hydrogen-bond donors (Lipinski definition) is 2. The number of rotatable bonds is 3. The normalized spacial score (nSPS) is 20.0. The molecule has 0 radical (unpaired) electrons. The molecule has 0 saturated carbocycles. The standard InChI is InChI=1S/C13H17NO3/c1-9(15)8-14-13(16)11-6-7-17-12-5-3-2-4-10(11)12/h2-5,9,11,15H,6-8H2,1H3,(H,14,16). The molecule has 1 aromatic rings. The molecule has 0 aromatic heterocycles. The van der Waals surface area contributed by atoms with Gasteiger partial charge in [0.15, 0.2) is 0 Å². The van der Waals surface area contributed by atoms with Gasteiger partial charge < -0.3 is 15.2 Å². The van der Waals surface area contributed by atoms with Gasteiger partial charge in [-0.3, -0.25) is 4.79 Å². The predicted octanol–water partition coefficient (Wildman–Crippen LogP) is 1.05. The Hall–Kier alpha value is -1.55. The van der Waals surface area contributed by atoms with Gasteiger partial charge in [0.1, 0.15) is 5.75 Å². The largest absolute Gasteiger partial charge is 0.493 e. The van der Waals surface area contributed by atoms with Crippen molar-refractivity contribution in [3.63, 3.8) is 0 Å². The third-order valence-corrected chi connectivity index (χ3v) is 2.85. The molecule has 1 aliphatic heterocycles. The molecule has 0 fully saturated rings. The first kappa shape index (κ1) is 11.9. The molecule has 0 aliphatic carbocycles. The van der Waals surface area contributed by atoms with Gasteiger partial charge in [0.25, 0.3) is 0 Å². The zero-order valence-electron chi connectivity index (χ0n) is 9.85. The van der Waals surface area contributed by atoms with E-state index in [2.05, 4.69) is 5.32 Å². The molecule has 1 heterocycles. The first-order valence-corrected chi connectivity index (χ1v) is 5.86. The maximum atomic E-state index is 12.0. The van der Waals surface area contributed by atoms with E-state index in [1.54, 1.807) is 6.92 Å². The van der Waals surface area contributed by atoms with E-state index >= 15 is 0 Å². The van der Waals surface area contributed by atoms with Crippen LogP contribution in [0.1, 0.15) is 24.8 Å². The number of aliphatic hydroxyl groups excluding tert-OH is 1. The second-order valence-corrected chi connectivity index (χ2v) is 4.32. The molecule has 17 heavy (non-hydrogen) atoms. The number of ether oxygens (including phenoxy) is 1. The maximum Gasteiger partial charge on any atom is 0.227 e. The number of carbonyl (C=O) groups is 1. The number of fused-ring (bicyclic) bond motifs is 1. The number of para-hydroxylation sites is 1. The fourth-order valence-electron chi connectivity index (χ4n) is 1.99. The highest BCUT2D eigenvalue weighted by Crippen LogP contribution is 2.33. The number of carbonyl (C=O) groups excluding carboxylic acids is 1. The Morgan fingerprint density at radius 3 is 3.12 bits per heavy atom. The van der Waals surface area contributed by atoms with E-state index in [0.717, 1.165) is 11.3 Å². The number of nitrogens with one attached hydrogen (secondary N) is 1. The van der Waals surface area contributed by atoms with E-state index in [9.17, 15) is 4.79 Å². The summed E-state index contributed by atoms with van der Waals surface area (Å²) in [6.07, 6.45) is 0.164. The molecule has 4 nitrogen and oxygen atoms in total. The maximum absolute atomic E-state index is 12.0. The molecule has 2 atom stereocenters. The second kappa shape index (κ2) is 5.19. The molecule has 0 bridgehead atoms. The molecule has 0 saturated heterocycles. The van der Waals surface area contributed by atoms with Gasteiger partial charge in [-0.25, -0.2) is 0 Å². The minimum absolute atomic E-state index is 0.0401. The zero-order valence-corrected chi connectivity index (χ0v) is 9.85. The molecule has 0 spiro atoms. The van der Waals surface area contributed by atoms with Crippen molar-refractivity contribution in [1.82, 2.24) is 5.32 Å².